The smallest absolute Gasteiger partial charge is 0.254 e. The number of nitrogens with one attached hydrogen (secondary N) is 1. The third-order valence-corrected chi connectivity index (χ3v) is 5.96. The average molecular weight is 334 g/mol. The van der Waals surface area contributed by atoms with Crippen molar-refractivity contribution in [3.05, 3.63) is 23.9 Å². The Bertz CT molecular complexity index is 523. The van der Waals surface area contributed by atoms with Gasteiger partial charge in [0.05, 0.1) is 5.56 Å². The van der Waals surface area contributed by atoms with Gasteiger partial charge in [0.15, 0.2) is 0 Å². The molecule has 3 rings (SSSR count). The van der Waals surface area contributed by atoms with E-state index >= 15 is 0 Å². The average Bonchev–Trinajstić information content (AvgIpc) is 3.14. The zero-order chi connectivity index (χ0) is 16.1. The number of carbonyl (C=O) groups excluding carboxylic acids is 1. The van der Waals surface area contributed by atoms with Crippen molar-refractivity contribution in [3.63, 3.8) is 0 Å². The van der Waals surface area contributed by atoms with Gasteiger partial charge in [-0.3, -0.25) is 4.79 Å². The number of carbonyl (C=O) groups is 1. The highest BCUT2D eigenvalue weighted by Crippen LogP contribution is 2.27. The van der Waals surface area contributed by atoms with Gasteiger partial charge in [-0.1, -0.05) is 12.8 Å². The first-order chi connectivity index (χ1) is 11.3. The van der Waals surface area contributed by atoms with Crippen molar-refractivity contribution < 1.29 is 4.79 Å². The molecule has 1 amide bonds. The second-order valence-corrected chi connectivity index (χ2v) is 7.48. The highest BCUT2D eigenvalue weighted by atomic mass is 32.2. The molecule has 5 heteroatoms. The van der Waals surface area contributed by atoms with E-state index in [1.807, 2.05) is 18.4 Å². The summed E-state index contributed by atoms with van der Waals surface area (Å²) in [5, 5.41) is 3.92. The highest BCUT2D eigenvalue weighted by molar-refractivity contribution is 7.98. The Balaban J connectivity index is 1.45. The van der Waals surface area contributed by atoms with Crippen molar-refractivity contribution in [2.45, 2.75) is 49.6 Å². The minimum absolute atomic E-state index is 0.0145. The Morgan fingerprint density at radius 3 is 2.74 bits per heavy atom. The fourth-order valence-electron chi connectivity index (χ4n) is 3.85. The molecule has 1 saturated carbocycles. The van der Waals surface area contributed by atoms with Crippen molar-refractivity contribution >= 4 is 17.7 Å². The van der Waals surface area contributed by atoms with Crippen molar-refractivity contribution in [1.29, 1.82) is 0 Å². The van der Waals surface area contributed by atoms with E-state index in [1.54, 1.807) is 6.20 Å². The summed E-state index contributed by atoms with van der Waals surface area (Å²) in [5.41, 5.74) is 0.698. The lowest BCUT2D eigenvalue weighted by molar-refractivity contribution is 0.0921. The van der Waals surface area contributed by atoms with Gasteiger partial charge in [0.25, 0.3) is 5.91 Å². The molecule has 0 atom stereocenters. The molecule has 0 unspecified atom stereocenters. The van der Waals surface area contributed by atoms with Crippen molar-refractivity contribution in [2.75, 3.05) is 25.9 Å². The van der Waals surface area contributed by atoms with Crippen LogP contribution in [0, 0.1) is 5.92 Å². The van der Waals surface area contributed by atoms with Crippen LogP contribution < -0.4 is 5.32 Å². The van der Waals surface area contributed by atoms with Gasteiger partial charge in [0, 0.05) is 18.8 Å². The van der Waals surface area contributed by atoms with Gasteiger partial charge < -0.3 is 10.2 Å². The van der Waals surface area contributed by atoms with Gasteiger partial charge in [-0.15, -0.1) is 11.8 Å². The molecule has 2 fully saturated rings. The molecule has 2 heterocycles. The third kappa shape index (κ3) is 4.27. The molecule has 1 aromatic rings. The Labute approximate surface area is 143 Å². The molecule has 0 radical (unpaired) electrons. The fourth-order valence-corrected chi connectivity index (χ4v) is 4.40. The molecular formula is C18H27N3OS. The number of aromatic nitrogens is 1. The van der Waals surface area contributed by atoms with Gasteiger partial charge >= 0.3 is 0 Å². The highest BCUT2D eigenvalue weighted by Gasteiger charge is 2.27. The number of hydrogen-bond donors (Lipinski definition) is 1. The van der Waals surface area contributed by atoms with E-state index in [0.29, 0.717) is 11.5 Å². The van der Waals surface area contributed by atoms with Crippen molar-refractivity contribution in [2.24, 2.45) is 5.92 Å². The van der Waals surface area contributed by atoms with Crippen molar-refractivity contribution in [3.8, 4) is 0 Å². The molecule has 1 N–H and O–H groups in total. The molecule has 23 heavy (non-hydrogen) atoms. The topological polar surface area (TPSA) is 45.2 Å². The van der Waals surface area contributed by atoms with E-state index in [1.165, 1.54) is 63.4 Å². The lowest BCUT2D eigenvalue weighted by atomic mass is 9.95. The summed E-state index contributed by atoms with van der Waals surface area (Å²) in [6.07, 6.45) is 11.7. The first-order valence-corrected chi connectivity index (χ1v) is 10.0. The number of hydrogen-bond acceptors (Lipinski definition) is 4. The largest absolute Gasteiger partial charge is 0.352 e. The summed E-state index contributed by atoms with van der Waals surface area (Å²) in [4.78, 5) is 19.3. The lowest BCUT2D eigenvalue weighted by Crippen LogP contribution is -2.42. The summed E-state index contributed by atoms with van der Waals surface area (Å²) in [6, 6.07) is 4.52. The summed E-state index contributed by atoms with van der Waals surface area (Å²) in [6.45, 7) is 3.20. The number of nitrogens with zero attached hydrogens (tertiary/aromatic N) is 2. The summed E-state index contributed by atoms with van der Waals surface area (Å²) >= 11 is 1.52. The minimum atomic E-state index is 0.0145. The van der Waals surface area contributed by atoms with E-state index in [4.69, 9.17) is 0 Å². The quantitative estimate of drug-likeness (QED) is 0.841. The van der Waals surface area contributed by atoms with Crippen LogP contribution in [-0.2, 0) is 0 Å². The van der Waals surface area contributed by atoms with Crippen LogP contribution in [0.5, 0.6) is 0 Å². The maximum atomic E-state index is 12.4. The Morgan fingerprint density at radius 1 is 1.30 bits per heavy atom. The number of likely N-dealkylation sites (tertiary alicyclic amines) is 1. The molecular weight excluding hydrogens is 306 g/mol. The summed E-state index contributed by atoms with van der Waals surface area (Å²) in [7, 11) is 0. The maximum Gasteiger partial charge on any atom is 0.254 e. The van der Waals surface area contributed by atoms with E-state index < -0.39 is 0 Å². The number of thioether (sulfide) groups is 1. The molecule has 126 valence electrons. The van der Waals surface area contributed by atoms with E-state index in [0.717, 1.165) is 17.6 Å². The molecule has 1 saturated heterocycles. The molecule has 1 aromatic heterocycles. The lowest BCUT2D eigenvalue weighted by Gasteiger charge is -2.36. The van der Waals surface area contributed by atoms with E-state index in [2.05, 4.69) is 15.2 Å². The van der Waals surface area contributed by atoms with E-state index in [-0.39, 0.29) is 5.91 Å². The van der Waals surface area contributed by atoms with Gasteiger partial charge in [0.1, 0.15) is 5.03 Å². The summed E-state index contributed by atoms with van der Waals surface area (Å²) < 4.78 is 0. The molecule has 1 aliphatic carbocycles. The Hall–Kier alpha value is -1.07. The van der Waals surface area contributed by atoms with Gasteiger partial charge in [-0.05, 0) is 63.1 Å². The first-order valence-electron chi connectivity index (χ1n) is 8.79. The van der Waals surface area contributed by atoms with Crippen LogP contribution in [0.3, 0.4) is 0 Å². The van der Waals surface area contributed by atoms with Crippen LogP contribution in [0.4, 0.5) is 0 Å². The van der Waals surface area contributed by atoms with Gasteiger partial charge in [-0.25, -0.2) is 4.98 Å². The summed E-state index contributed by atoms with van der Waals surface area (Å²) in [5.74, 6) is 0.631. The number of piperidine rings is 1. The maximum absolute atomic E-state index is 12.4. The second-order valence-electron chi connectivity index (χ2n) is 6.69. The minimum Gasteiger partial charge on any atom is -0.352 e. The van der Waals surface area contributed by atoms with Crippen LogP contribution in [-0.4, -0.2) is 47.7 Å². The molecule has 4 nitrogen and oxygen atoms in total. The van der Waals surface area contributed by atoms with Crippen molar-refractivity contribution in [1.82, 2.24) is 15.2 Å². The van der Waals surface area contributed by atoms with Crippen LogP contribution in [0.25, 0.3) is 0 Å². The van der Waals surface area contributed by atoms with Crippen LogP contribution in [0.15, 0.2) is 23.4 Å². The SMILES string of the molecule is CSc1ncccc1C(=O)NCC1CCN(C2CCCC2)CC1. The van der Waals surface area contributed by atoms with Gasteiger partial charge in [-0.2, -0.15) is 0 Å². The number of pyridine rings is 1. The fraction of sp³-hybridized carbons (Fsp3) is 0.667. The Kier molecular flexibility index (Phi) is 5.95. The predicted molar refractivity (Wildman–Crippen MR) is 94.9 cm³/mol. The van der Waals surface area contributed by atoms with Gasteiger partial charge in [0.2, 0.25) is 0 Å². The predicted octanol–water partition coefficient (Wildman–Crippen LogP) is 3.19. The van der Waals surface area contributed by atoms with Crippen LogP contribution >= 0.6 is 11.8 Å². The monoisotopic (exact) mass is 333 g/mol. The second kappa shape index (κ2) is 8.15. The van der Waals surface area contributed by atoms with E-state index in [9.17, 15) is 4.79 Å². The van der Waals surface area contributed by atoms with Crippen LogP contribution in [0.2, 0.25) is 0 Å². The Morgan fingerprint density at radius 2 is 2.04 bits per heavy atom. The molecule has 0 spiro atoms. The zero-order valence-corrected chi connectivity index (χ0v) is 14.8. The first kappa shape index (κ1) is 16.8. The molecule has 0 bridgehead atoms. The molecule has 1 aliphatic heterocycles. The standard InChI is InChI=1S/C18H27N3OS/c1-23-18-16(7-4-10-19-18)17(22)20-13-14-8-11-21(12-9-14)15-5-2-3-6-15/h4,7,10,14-15H,2-3,5-6,8-9,11-13H2,1H3,(H,20,22). The zero-order valence-electron chi connectivity index (χ0n) is 14.0. The molecule has 2 aliphatic rings. The third-order valence-electron chi connectivity index (χ3n) is 5.25. The number of rotatable bonds is 5. The number of amides is 1. The molecule has 0 aromatic carbocycles. The normalized spacial score (nSPS) is 20.7. The van der Waals surface area contributed by atoms with Crippen LogP contribution in [0.1, 0.15) is 48.9 Å².